The van der Waals surface area contributed by atoms with Crippen LogP contribution in [0.4, 0.5) is 11.6 Å². The standard InChI is InChI=1S/C22H22ClN3O5/c1-13(2)31-17-9-7-16(8-10-17)24-22-25-20(29)18(11-19(27)28)21(30)26(22)12-14-3-5-15(23)6-4-14/h3-10,13,29H,11-12H2,1-2H3,(H,24,25)(H,27,28). The molecule has 9 heteroatoms. The van der Waals surface area contributed by atoms with E-state index in [1.165, 1.54) is 4.57 Å². The highest BCUT2D eigenvalue weighted by Crippen LogP contribution is 2.22. The van der Waals surface area contributed by atoms with Crippen molar-refractivity contribution in [3.8, 4) is 11.6 Å². The molecule has 0 aliphatic rings. The lowest BCUT2D eigenvalue weighted by Crippen LogP contribution is -2.29. The lowest BCUT2D eigenvalue weighted by Gasteiger charge is -2.16. The van der Waals surface area contributed by atoms with Crippen LogP contribution in [0, 0.1) is 0 Å². The van der Waals surface area contributed by atoms with Crippen molar-refractivity contribution in [2.45, 2.75) is 32.9 Å². The lowest BCUT2D eigenvalue weighted by molar-refractivity contribution is -0.136. The number of benzene rings is 2. The van der Waals surface area contributed by atoms with Crippen LogP contribution in [0.3, 0.4) is 0 Å². The summed E-state index contributed by atoms with van der Waals surface area (Å²) in [7, 11) is 0. The number of halogens is 1. The van der Waals surface area contributed by atoms with Crippen LogP contribution < -0.4 is 15.6 Å². The van der Waals surface area contributed by atoms with Crippen LogP contribution in [0.5, 0.6) is 11.6 Å². The van der Waals surface area contributed by atoms with E-state index in [9.17, 15) is 14.7 Å². The zero-order valence-corrected chi connectivity index (χ0v) is 17.8. The molecule has 0 amide bonds. The Morgan fingerprint density at radius 3 is 2.39 bits per heavy atom. The molecule has 0 atom stereocenters. The molecule has 0 fully saturated rings. The van der Waals surface area contributed by atoms with Crippen molar-refractivity contribution in [3.63, 3.8) is 0 Å². The Hall–Kier alpha value is -3.52. The number of carboxylic acid groups (broad SMARTS) is 1. The Bertz CT molecular complexity index is 1130. The third-order valence-corrected chi connectivity index (χ3v) is 4.56. The van der Waals surface area contributed by atoms with Gasteiger partial charge in [0.05, 0.1) is 24.6 Å². The van der Waals surface area contributed by atoms with Crippen LogP contribution in [0.2, 0.25) is 5.02 Å². The smallest absolute Gasteiger partial charge is 0.308 e. The third-order valence-electron chi connectivity index (χ3n) is 4.30. The number of aromatic hydroxyl groups is 1. The first kappa shape index (κ1) is 22.2. The van der Waals surface area contributed by atoms with Crippen LogP contribution in [0.15, 0.2) is 53.3 Å². The summed E-state index contributed by atoms with van der Waals surface area (Å²) in [4.78, 5) is 28.2. The molecule has 1 aromatic heterocycles. The number of nitrogens with zero attached hydrogens (tertiary/aromatic N) is 2. The molecule has 0 bridgehead atoms. The zero-order valence-electron chi connectivity index (χ0n) is 17.0. The molecule has 0 aliphatic heterocycles. The highest BCUT2D eigenvalue weighted by molar-refractivity contribution is 6.30. The summed E-state index contributed by atoms with van der Waals surface area (Å²) >= 11 is 5.93. The number of nitrogens with one attached hydrogen (secondary N) is 1. The summed E-state index contributed by atoms with van der Waals surface area (Å²) in [6.45, 7) is 3.95. The largest absolute Gasteiger partial charge is 0.493 e. The Kier molecular flexibility index (Phi) is 6.81. The summed E-state index contributed by atoms with van der Waals surface area (Å²) in [6, 6.07) is 13.9. The number of hydrogen-bond donors (Lipinski definition) is 3. The highest BCUT2D eigenvalue weighted by Gasteiger charge is 2.19. The Balaban J connectivity index is 2.00. The number of aromatic nitrogens is 2. The highest BCUT2D eigenvalue weighted by atomic mass is 35.5. The molecule has 3 aromatic rings. The fraction of sp³-hybridized carbons (Fsp3) is 0.227. The summed E-state index contributed by atoms with van der Waals surface area (Å²) in [5, 5.41) is 22.9. The molecule has 8 nitrogen and oxygen atoms in total. The van der Waals surface area contributed by atoms with E-state index >= 15 is 0 Å². The van der Waals surface area contributed by atoms with E-state index in [1.807, 2.05) is 13.8 Å². The van der Waals surface area contributed by atoms with E-state index in [4.69, 9.17) is 21.4 Å². The SMILES string of the molecule is CC(C)Oc1ccc(Nc2nc(O)c(CC(=O)O)c(=O)n2Cc2ccc(Cl)cc2)cc1. The topological polar surface area (TPSA) is 114 Å². The molecule has 0 saturated carbocycles. The maximum absolute atomic E-state index is 13.0. The number of rotatable bonds is 8. The molecule has 2 aromatic carbocycles. The molecule has 0 aliphatic carbocycles. The number of carboxylic acids is 1. The van der Waals surface area contributed by atoms with Gasteiger partial charge in [0.1, 0.15) is 5.75 Å². The number of aliphatic carboxylic acids is 1. The van der Waals surface area contributed by atoms with Crippen molar-refractivity contribution in [2.75, 3.05) is 5.32 Å². The van der Waals surface area contributed by atoms with E-state index in [0.717, 1.165) is 5.56 Å². The third kappa shape index (κ3) is 5.76. The number of hydrogen-bond acceptors (Lipinski definition) is 6. The van der Waals surface area contributed by atoms with Gasteiger partial charge in [-0.25, -0.2) is 0 Å². The minimum atomic E-state index is -1.24. The molecule has 3 N–H and O–H groups in total. The van der Waals surface area contributed by atoms with Gasteiger partial charge in [0.15, 0.2) is 0 Å². The zero-order chi connectivity index (χ0) is 22.5. The second-order valence-corrected chi connectivity index (χ2v) is 7.58. The van der Waals surface area contributed by atoms with Gasteiger partial charge >= 0.3 is 5.97 Å². The quantitative estimate of drug-likeness (QED) is 0.485. The Morgan fingerprint density at radius 1 is 1.16 bits per heavy atom. The molecule has 1 heterocycles. The Morgan fingerprint density at radius 2 is 1.81 bits per heavy atom. The number of carbonyl (C=O) groups is 1. The Labute approximate surface area is 183 Å². The van der Waals surface area contributed by atoms with E-state index in [-0.39, 0.29) is 24.2 Å². The summed E-state index contributed by atoms with van der Waals surface area (Å²) in [5.41, 5.74) is 0.432. The molecule has 0 radical (unpaired) electrons. The maximum atomic E-state index is 13.0. The van der Waals surface area contributed by atoms with Gasteiger partial charge in [-0.1, -0.05) is 23.7 Å². The second kappa shape index (κ2) is 9.53. The monoisotopic (exact) mass is 443 g/mol. The lowest BCUT2D eigenvalue weighted by atomic mass is 10.2. The first-order valence-corrected chi connectivity index (χ1v) is 9.93. The number of ether oxygens (including phenoxy) is 1. The fourth-order valence-corrected chi connectivity index (χ4v) is 3.05. The second-order valence-electron chi connectivity index (χ2n) is 7.14. The minimum Gasteiger partial charge on any atom is -0.493 e. The van der Waals surface area contributed by atoms with Gasteiger partial charge in [-0.15, -0.1) is 0 Å². The van der Waals surface area contributed by atoms with Crippen LogP contribution in [0.1, 0.15) is 25.0 Å². The molecule has 162 valence electrons. The van der Waals surface area contributed by atoms with Crippen LogP contribution >= 0.6 is 11.6 Å². The predicted octanol–water partition coefficient (Wildman–Crippen LogP) is 3.81. The van der Waals surface area contributed by atoms with E-state index in [2.05, 4.69) is 10.3 Å². The average Bonchev–Trinajstić information content (AvgIpc) is 2.70. The summed E-state index contributed by atoms with van der Waals surface area (Å²) < 4.78 is 6.90. The number of anilines is 2. The van der Waals surface area contributed by atoms with Crippen LogP contribution in [0.25, 0.3) is 0 Å². The van der Waals surface area contributed by atoms with Crippen molar-refractivity contribution in [2.24, 2.45) is 0 Å². The van der Waals surface area contributed by atoms with Crippen molar-refractivity contribution in [3.05, 3.63) is 75.0 Å². The van der Waals surface area contributed by atoms with Crippen molar-refractivity contribution >= 4 is 29.2 Å². The molecular formula is C22H22ClN3O5. The summed E-state index contributed by atoms with van der Waals surface area (Å²) in [5.74, 6) is -1.11. The van der Waals surface area contributed by atoms with Gasteiger partial charge < -0.3 is 20.3 Å². The van der Waals surface area contributed by atoms with Crippen LogP contribution in [-0.2, 0) is 17.8 Å². The first-order valence-electron chi connectivity index (χ1n) is 9.55. The van der Waals surface area contributed by atoms with Crippen LogP contribution in [-0.4, -0.2) is 31.8 Å². The van der Waals surface area contributed by atoms with Gasteiger partial charge in [0.2, 0.25) is 11.8 Å². The van der Waals surface area contributed by atoms with E-state index in [1.54, 1.807) is 48.5 Å². The van der Waals surface area contributed by atoms with Crippen molar-refractivity contribution < 1.29 is 19.7 Å². The van der Waals surface area contributed by atoms with Gasteiger partial charge in [0, 0.05) is 10.7 Å². The van der Waals surface area contributed by atoms with Crippen molar-refractivity contribution in [1.29, 1.82) is 0 Å². The average molecular weight is 444 g/mol. The normalized spacial score (nSPS) is 10.8. The molecule has 0 unspecified atom stereocenters. The molecule has 0 spiro atoms. The molecule has 3 rings (SSSR count). The van der Waals surface area contributed by atoms with Gasteiger partial charge in [0.25, 0.3) is 5.56 Å². The predicted molar refractivity (Wildman–Crippen MR) is 118 cm³/mol. The summed E-state index contributed by atoms with van der Waals surface area (Å²) in [6.07, 6.45) is -0.608. The molecular weight excluding hydrogens is 422 g/mol. The van der Waals surface area contributed by atoms with E-state index in [0.29, 0.717) is 16.5 Å². The van der Waals surface area contributed by atoms with Crippen molar-refractivity contribution in [1.82, 2.24) is 9.55 Å². The van der Waals surface area contributed by atoms with Gasteiger partial charge in [-0.3, -0.25) is 14.2 Å². The van der Waals surface area contributed by atoms with Gasteiger partial charge in [-0.05, 0) is 55.8 Å². The molecule has 31 heavy (non-hydrogen) atoms. The first-order chi connectivity index (χ1) is 14.7. The maximum Gasteiger partial charge on any atom is 0.308 e. The minimum absolute atomic E-state index is 0.0313. The van der Waals surface area contributed by atoms with E-state index < -0.39 is 23.8 Å². The fourth-order valence-electron chi connectivity index (χ4n) is 2.92. The van der Waals surface area contributed by atoms with Gasteiger partial charge in [-0.2, -0.15) is 4.98 Å². The molecule has 0 saturated heterocycles.